The number of allylic oxidation sites excluding steroid dienone is 1. The minimum atomic E-state index is -3.83. The molecule has 0 aliphatic heterocycles. The van der Waals surface area contributed by atoms with Crippen molar-refractivity contribution in [2.45, 2.75) is 43.0 Å². The van der Waals surface area contributed by atoms with Gasteiger partial charge in [0.05, 0.1) is 16.9 Å². The summed E-state index contributed by atoms with van der Waals surface area (Å²) in [7, 11) is -2.45. The van der Waals surface area contributed by atoms with Gasteiger partial charge in [0.1, 0.15) is 0 Å². The van der Waals surface area contributed by atoms with Crippen molar-refractivity contribution < 1.29 is 22.9 Å². The predicted octanol–water partition coefficient (Wildman–Crippen LogP) is 4.21. The highest BCUT2D eigenvalue weighted by molar-refractivity contribution is 7.89. The van der Waals surface area contributed by atoms with E-state index < -0.39 is 14.9 Å². The van der Waals surface area contributed by atoms with Crippen LogP contribution in [-0.4, -0.2) is 37.4 Å². The molecule has 0 radical (unpaired) electrons. The average molecular weight is 522 g/mol. The fourth-order valence-corrected chi connectivity index (χ4v) is 5.66. The van der Waals surface area contributed by atoms with Crippen LogP contribution in [-0.2, 0) is 32.4 Å². The van der Waals surface area contributed by atoms with Crippen LogP contribution in [0.3, 0.4) is 0 Å². The van der Waals surface area contributed by atoms with E-state index >= 15 is 0 Å². The normalized spacial score (nSPS) is 15.3. The minimum Gasteiger partial charge on any atom is -0.469 e. The Morgan fingerprint density at radius 2 is 1.89 bits per heavy atom. The first kappa shape index (κ1) is 26.2. The number of fused-ring (bicyclic) bond motifs is 1. The molecule has 192 valence electrons. The molecular weight excluding hydrogens is 494 g/mol. The minimum absolute atomic E-state index is 0.0107. The summed E-state index contributed by atoms with van der Waals surface area (Å²) in [6, 6.07) is 14.5. The molecule has 10 heteroatoms. The van der Waals surface area contributed by atoms with Gasteiger partial charge in [0, 0.05) is 42.6 Å². The first-order valence-electron chi connectivity index (χ1n) is 11.8. The Hall–Kier alpha value is -3.89. The number of nitrogens with zero attached hydrogens (tertiary/aromatic N) is 2. The Morgan fingerprint density at radius 1 is 1.14 bits per heavy atom. The van der Waals surface area contributed by atoms with Gasteiger partial charge in [-0.15, -0.1) is 0 Å². The van der Waals surface area contributed by atoms with E-state index in [0.29, 0.717) is 32.1 Å². The lowest BCUT2D eigenvalue weighted by atomic mass is 9.95. The number of carbonyl (C=O) groups excluding carboxylic acids is 1. The van der Waals surface area contributed by atoms with E-state index in [0.717, 1.165) is 27.8 Å². The molecule has 1 aliphatic rings. The molecule has 1 heterocycles. The lowest BCUT2D eigenvalue weighted by Crippen LogP contribution is -2.35. The van der Waals surface area contributed by atoms with Gasteiger partial charge in [-0.05, 0) is 66.1 Å². The van der Waals surface area contributed by atoms with E-state index in [1.807, 2.05) is 24.3 Å². The largest absolute Gasteiger partial charge is 0.469 e. The first-order chi connectivity index (χ1) is 17.8. The highest BCUT2D eigenvalue weighted by atomic mass is 32.2. The number of nitro groups is 1. The van der Waals surface area contributed by atoms with Crippen molar-refractivity contribution in [2.24, 2.45) is 0 Å². The third kappa shape index (κ3) is 6.46. The molecule has 1 atom stereocenters. The van der Waals surface area contributed by atoms with E-state index in [4.69, 9.17) is 4.74 Å². The summed E-state index contributed by atoms with van der Waals surface area (Å²) in [4.78, 5) is 26.0. The molecule has 4 rings (SSSR count). The van der Waals surface area contributed by atoms with E-state index in [1.165, 1.54) is 31.4 Å². The van der Waals surface area contributed by atoms with Crippen molar-refractivity contribution in [3.8, 4) is 0 Å². The second-order valence-corrected chi connectivity index (χ2v) is 10.5. The molecule has 37 heavy (non-hydrogen) atoms. The zero-order valence-corrected chi connectivity index (χ0v) is 21.1. The van der Waals surface area contributed by atoms with E-state index in [1.54, 1.807) is 12.4 Å². The van der Waals surface area contributed by atoms with Gasteiger partial charge >= 0.3 is 5.97 Å². The fourth-order valence-electron chi connectivity index (χ4n) is 4.42. The first-order valence-corrected chi connectivity index (χ1v) is 13.3. The van der Waals surface area contributed by atoms with Crippen molar-refractivity contribution in [3.05, 3.63) is 105 Å². The van der Waals surface area contributed by atoms with Crippen LogP contribution >= 0.6 is 0 Å². The van der Waals surface area contributed by atoms with Crippen LogP contribution in [0.2, 0.25) is 0 Å². The Bertz CT molecular complexity index is 1420. The molecule has 3 aromatic rings. The topological polar surface area (TPSA) is 128 Å². The second kappa shape index (κ2) is 11.4. The smallest absolute Gasteiger partial charge is 0.305 e. The number of aromatic nitrogens is 1. The van der Waals surface area contributed by atoms with Crippen LogP contribution in [0.4, 0.5) is 5.69 Å². The molecule has 1 N–H and O–H groups in total. The maximum Gasteiger partial charge on any atom is 0.305 e. The number of non-ortho nitro benzene ring substituents is 1. The number of methoxy groups -OCH3 is 1. The number of benzene rings is 2. The maximum atomic E-state index is 12.9. The Balaban J connectivity index is 1.51. The highest BCUT2D eigenvalue weighted by Gasteiger charge is 2.27. The summed E-state index contributed by atoms with van der Waals surface area (Å²) in [6.07, 6.45) is 8.36. The lowest BCUT2D eigenvalue weighted by molar-refractivity contribution is -0.384. The standard InChI is InChI=1S/C27H27N3O6S/c1-36-27(31)7-3-2-6-26(21-5-4-14-28-18-21)20-9-8-19-16-23(17-22(19)15-20)29-37(34,35)25-12-10-24(11-13-25)30(32)33/h4-6,8-15,18,23,29H,2-3,7,16-17H2,1H3. The molecule has 0 bridgehead atoms. The number of nitrogens with one attached hydrogen (secondary N) is 1. The second-order valence-electron chi connectivity index (χ2n) is 8.79. The zero-order valence-electron chi connectivity index (χ0n) is 20.3. The number of unbranched alkanes of at least 4 members (excludes halogenated alkanes) is 1. The Morgan fingerprint density at radius 3 is 2.57 bits per heavy atom. The monoisotopic (exact) mass is 521 g/mol. The van der Waals surface area contributed by atoms with Crippen molar-refractivity contribution in [3.63, 3.8) is 0 Å². The summed E-state index contributed by atoms with van der Waals surface area (Å²) in [5.74, 6) is -0.240. The average Bonchev–Trinajstić information content (AvgIpc) is 3.29. The zero-order chi connectivity index (χ0) is 26.4. The van der Waals surface area contributed by atoms with Crippen LogP contribution in [0.5, 0.6) is 0 Å². The summed E-state index contributed by atoms with van der Waals surface area (Å²) < 4.78 is 33.2. The molecule has 0 amide bonds. The summed E-state index contributed by atoms with van der Waals surface area (Å²) in [5, 5.41) is 10.9. The number of nitro benzene ring substituents is 1. The summed E-state index contributed by atoms with van der Waals surface area (Å²) >= 11 is 0. The van der Waals surface area contributed by atoms with Gasteiger partial charge in [0.2, 0.25) is 10.0 Å². The molecular formula is C27H27N3O6S. The number of hydrogen-bond acceptors (Lipinski definition) is 7. The molecule has 0 spiro atoms. The molecule has 0 saturated carbocycles. The van der Waals surface area contributed by atoms with Gasteiger partial charge in [0.25, 0.3) is 5.69 Å². The van der Waals surface area contributed by atoms with E-state index in [2.05, 4.69) is 21.8 Å². The number of esters is 1. The van der Waals surface area contributed by atoms with Crippen molar-refractivity contribution in [1.29, 1.82) is 0 Å². The molecule has 0 fully saturated rings. The van der Waals surface area contributed by atoms with Gasteiger partial charge in [0.15, 0.2) is 0 Å². The number of rotatable bonds is 10. The number of hydrogen-bond donors (Lipinski definition) is 1. The van der Waals surface area contributed by atoms with Gasteiger partial charge in [-0.1, -0.05) is 30.3 Å². The number of carbonyl (C=O) groups is 1. The lowest BCUT2D eigenvalue weighted by Gasteiger charge is -2.12. The van der Waals surface area contributed by atoms with E-state index in [-0.39, 0.29) is 22.6 Å². The number of pyridine rings is 1. The van der Waals surface area contributed by atoms with Crippen LogP contribution < -0.4 is 4.72 Å². The van der Waals surface area contributed by atoms with Crippen molar-refractivity contribution >= 4 is 27.3 Å². The maximum absolute atomic E-state index is 12.9. The molecule has 9 nitrogen and oxygen atoms in total. The van der Waals surface area contributed by atoms with E-state index in [9.17, 15) is 23.3 Å². The molecule has 1 aliphatic carbocycles. The van der Waals surface area contributed by atoms with Crippen molar-refractivity contribution in [2.75, 3.05) is 7.11 Å². The number of ether oxygens (including phenoxy) is 1. The summed E-state index contributed by atoms with van der Waals surface area (Å²) in [5.41, 5.74) is 4.89. The van der Waals surface area contributed by atoms with Crippen LogP contribution in [0.1, 0.15) is 41.5 Å². The SMILES string of the molecule is COC(=O)CCCC=C(c1cccnc1)c1ccc2c(c1)CC(NS(=O)(=O)c1ccc([N+](=O)[O-])cc1)C2. The van der Waals surface area contributed by atoms with Crippen LogP contribution in [0.25, 0.3) is 5.57 Å². The van der Waals surface area contributed by atoms with Gasteiger partial charge in [-0.3, -0.25) is 19.9 Å². The van der Waals surface area contributed by atoms with Gasteiger partial charge < -0.3 is 4.74 Å². The fraction of sp³-hybridized carbons (Fsp3) is 0.259. The van der Waals surface area contributed by atoms with Crippen molar-refractivity contribution in [1.82, 2.24) is 9.71 Å². The molecule has 1 unspecified atom stereocenters. The van der Waals surface area contributed by atoms with Crippen LogP contribution in [0.15, 0.2) is 78.0 Å². The third-order valence-electron chi connectivity index (χ3n) is 6.26. The highest BCUT2D eigenvalue weighted by Crippen LogP contribution is 2.30. The molecule has 1 aromatic heterocycles. The van der Waals surface area contributed by atoms with Gasteiger partial charge in [-0.25, -0.2) is 13.1 Å². The predicted molar refractivity (Wildman–Crippen MR) is 138 cm³/mol. The summed E-state index contributed by atoms with van der Waals surface area (Å²) in [6.45, 7) is 0. The van der Waals surface area contributed by atoms with Crippen LogP contribution in [0, 0.1) is 10.1 Å². The third-order valence-corrected chi connectivity index (χ3v) is 7.80. The Kier molecular flexibility index (Phi) is 8.10. The molecule has 2 aromatic carbocycles. The molecule has 0 saturated heterocycles. The van der Waals surface area contributed by atoms with Gasteiger partial charge in [-0.2, -0.15) is 0 Å². The quantitative estimate of drug-likeness (QED) is 0.183. The number of sulfonamides is 1. The Labute approximate surface area is 215 Å².